The zero-order valence-electron chi connectivity index (χ0n) is 8.99. The van der Waals surface area contributed by atoms with Crippen molar-refractivity contribution >= 4 is 0 Å². The Bertz CT molecular complexity index is 415. The maximum atomic E-state index is 4.19. The van der Waals surface area contributed by atoms with Gasteiger partial charge in [0.1, 0.15) is 0 Å². The average Bonchev–Trinajstić information content (AvgIpc) is 2.83. The van der Waals surface area contributed by atoms with Crippen molar-refractivity contribution in [1.82, 2.24) is 25.3 Å². The van der Waals surface area contributed by atoms with Gasteiger partial charge in [0.05, 0.1) is 6.20 Å². The Labute approximate surface area is 88.5 Å². The van der Waals surface area contributed by atoms with E-state index in [4.69, 9.17) is 0 Å². The predicted octanol–water partition coefficient (Wildman–Crippen LogP) is 0.741. The van der Waals surface area contributed by atoms with Crippen LogP contribution in [0.4, 0.5) is 0 Å². The van der Waals surface area contributed by atoms with Crippen LogP contribution in [0.15, 0.2) is 18.5 Å². The van der Waals surface area contributed by atoms with Crippen molar-refractivity contribution in [2.75, 3.05) is 0 Å². The molecule has 0 radical (unpaired) electrons. The molecule has 0 aliphatic heterocycles. The van der Waals surface area contributed by atoms with E-state index < -0.39 is 0 Å². The normalized spacial score (nSPS) is 10.8. The van der Waals surface area contributed by atoms with E-state index in [-0.39, 0.29) is 0 Å². The summed E-state index contributed by atoms with van der Waals surface area (Å²) in [4.78, 5) is 0. The second kappa shape index (κ2) is 4.27. The molecule has 0 amide bonds. The van der Waals surface area contributed by atoms with E-state index in [2.05, 4.69) is 27.5 Å². The van der Waals surface area contributed by atoms with Crippen molar-refractivity contribution in [1.29, 1.82) is 0 Å². The van der Waals surface area contributed by atoms with Crippen molar-refractivity contribution in [2.45, 2.75) is 20.0 Å². The monoisotopic (exact) mass is 205 g/mol. The van der Waals surface area contributed by atoms with Crippen LogP contribution in [0, 0.1) is 6.92 Å². The highest BCUT2D eigenvalue weighted by molar-refractivity contribution is 5.15. The fourth-order valence-electron chi connectivity index (χ4n) is 1.43. The van der Waals surface area contributed by atoms with Crippen LogP contribution in [0.25, 0.3) is 0 Å². The first-order valence-corrected chi connectivity index (χ1v) is 4.94. The Morgan fingerprint density at radius 1 is 1.47 bits per heavy atom. The van der Waals surface area contributed by atoms with Gasteiger partial charge in [-0.15, -0.1) is 0 Å². The summed E-state index contributed by atoms with van der Waals surface area (Å²) >= 11 is 0. The Kier molecular flexibility index (Phi) is 2.82. The molecular weight excluding hydrogens is 190 g/mol. The second-order valence-electron chi connectivity index (χ2n) is 3.56. The summed E-state index contributed by atoms with van der Waals surface area (Å²) in [6.45, 7) is 3.70. The number of hydrogen-bond acceptors (Lipinski definition) is 3. The first-order valence-electron chi connectivity index (χ1n) is 4.94. The van der Waals surface area contributed by atoms with Crippen LogP contribution in [-0.4, -0.2) is 20.0 Å². The quantitative estimate of drug-likeness (QED) is 0.774. The van der Waals surface area contributed by atoms with Crippen LogP contribution in [0.3, 0.4) is 0 Å². The number of aryl methyl sites for hydroxylation is 1. The summed E-state index contributed by atoms with van der Waals surface area (Å²) in [5.41, 5.74) is 3.53. The molecule has 0 spiro atoms. The van der Waals surface area contributed by atoms with Crippen molar-refractivity contribution in [3.05, 3.63) is 35.4 Å². The van der Waals surface area contributed by atoms with Gasteiger partial charge in [0.2, 0.25) is 0 Å². The number of nitrogens with zero attached hydrogens (tertiary/aromatic N) is 3. The fourth-order valence-corrected chi connectivity index (χ4v) is 1.43. The second-order valence-corrected chi connectivity index (χ2v) is 3.56. The molecule has 0 bridgehead atoms. The molecule has 0 aromatic carbocycles. The standard InChI is InChI=1S/C10H15N5/c1-8-9(6-13-15(8)2)5-11-7-10-3-4-12-14-10/h3-4,6,11H,5,7H2,1-2H3,(H,12,14). The smallest absolute Gasteiger partial charge is 0.0537 e. The molecule has 0 aliphatic carbocycles. The lowest BCUT2D eigenvalue weighted by Gasteiger charge is -2.02. The van der Waals surface area contributed by atoms with Crippen LogP contribution >= 0.6 is 0 Å². The minimum Gasteiger partial charge on any atom is -0.307 e. The topological polar surface area (TPSA) is 58.5 Å². The van der Waals surface area contributed by atoms with Crippen LogP contribution in [0.1, 0.15) is 17.0 Å². The maximum absolute atomic E-state index is 4.19. The molecule has 2 rings (SSSR count). The third kappa shape index (κ3) is 2.24. The van der Waals surface area contributed by atoms with E-state index in [9.17, 15) is 0 Å². The molecule has 0 saturated heterocycles. The van der Waals surface area contributed by atoms with Gasteiger partial charge in [0, 0.05) is 43.3 Å². The largest absolute Gasteiger partial charge is 0.307 e. The first kappa shape index (κ1) is 9.92. The van der Waals surface area contributed by atoms with Gasteiger partial charge in [-0.05, 0) is 13.0 Å². The molecule has 2 N–H and O–H groups in total. The van der Waals surface area contributed by atoms with Gasteiger partial charge in [0.15, 0.2) is 0 Å². The molecule has 0 atom stereocenters. The molecular formula is C10H15N5. The van der Waals surface area contributed by atoms with E-state index in [1.54, 1.807) is 6.20 Å². The molecule has 5 heteroatoms. The Hall–Kier alpha value is -1.62. The third-order valence-electron chi connectivity index (χ3n) is 2.53. The summed E-state index contributed by atoms with van der Waals surface area (Å²) in [6, 6.07) is 1.96. The summed E-state index contributed by atoms with van der Waals surface area (Å²) in [6.07, 6.45) is 3.65. The van der Waals surface area contributed by atoms with Gasteiger partial charge in [-0.1, -0.05) is 0 Å². The third-order valence-corrected chi connectivity index (χ3v) is 2.53. The van der Waals surface area contributed by atoms with Gasteiger partial charge in [0.25, 0.3) is 0 Å². The van der Waals surface area contributed by atoms with Crippen molar-refractivity contribution in [3.8, 4) is 0 Å². The molecule has 15 heavy (non-hydrogen) atoms. The van der Waals surface area contributed by atoms with Crippen LogP contribution < -0.4 is 5.32 Å². The minimum atomic E-state index is 0.800. The van der Waals surface area contributed by atoms with E-state index in [0.29, 0.717) is 0 Å². The first-order chi connectivity index (χ1) is 7.27. The minimum absolute atomic E-state index is 0.800. The molecule has 2 aromatic rings. The number of aromatic nitrogens is 4. The highest BCUT2D eigenvalue weighted by atomic mass is 15.3. The van der Waals surface area contributed by atoms with Crippen molar-refractivity contribution in [3.63, 3.8) is 0 Å². The average molecular weight is 205 g/mol. The lowest BCUT2D eigenvalue weighted by atomic mass is 10.2. The molecule has 80 valence electrons. The van der Waals surface area contributed by atoms with E-state index >= 15 is 0 Å². The molecule has 0 saturated carbocycles. The molecule has 0 aliphatic rings. The summed E-state index contributed by atoms with van der Waals surface area (Å²) < 4.78 is 1.88. The molecule has 2 aromatic heterocycles. The zero-order valence-corrected chi connectivity index (χ0v) is 8.99. The van der Waals surface area contributed by atoms with Crippen LogP contribution in [0.2, 0.25) is 0 Å². The number of aromatic amines is 1. The van der Waals surface area contributed by atoms with Crippen molar-refractivity contribution < 1.29 is 0 Å². The van der Waals surface area contributed by atoms with Gasteiger partial charge >= 0.3 is 0 Å². The maximum Gasteiger partial charge on any atom is 0.0537 e. The Balaban J connectivity index is 1.86. The van der Waals surface area contributed by atoms with E-state index in [1.165, 1.54) is 11.3 Å². The number of nitrogens with one attached hydrogen (secondary N) is 2. The van der Waals surface area contributed by atoms with Gasteiger partial charge in [-0.25, -0.2) is 0 Å². The fraction of sp³-hybridized carbons (Fsp3) is 0.400. The molecule has 0 unspecified atom stereocenters. The highest BCUT2D eigenvalue weighted by Gasteiger charge is 2.02. The lowest BCUT2D eigenvalue weighted by molar-refractivity contribution is 0.671. The zero-order chi connectivity index (χ0) is 10.7. The van der Waals surface area contributed by atoms with Crippen LogP contribution in [-0.2, 0) is 20.1 Å². The molecule has 2 heterocycles. The SMILES string of the molecule is Cc1c(CNCc2ccn[nH]2)cnn1C. The van der Waals surface area contributed by atoms with Gasteiger partial charge in [-0.2, -0.15) is 10.2 Å². The van der Waals surface area contributed by atoms with Gasteiger partial charge in [-0.3, -0.25) is 9.78 Å². The number of hydrogen-bond donors (Lipinski definition) is 2. The van der Waals surface area contributed by atoms with Crippen molar-refractivity contribution in [2.24, 2.45) is 7.05 Å². The summed E-state index contributed by atoms with van der Waals surface area (Å²) in [5, 5.41) is 14.3. The van der Waals surface area contributed by atoms with Crippen LogP contribution in [0.5, 0.6) is 0 Å². The number of H-pyrrole nitrogens is 1. The van der Waals surface area contributed by atoms with E-state index in [0.717, 1.165) is 18.8 Å². The van der Waals surface area contributed by atoms with E-state index in [1.807, 2.05) is 24.0 Å². The van der Waals surface area contributed by atoms with Gasteiger partial charge < -0.3 is 5.32 Å². The predicted molar refractivity (Wildman–Crippen MR) is 57.1 cm³/mol. The molecule has 5 nitrogen and oxygen atoms in total. The Morgan fingerprint density at radius 2 is 2.33 bits per heavy atom. The lowest BCUT2D eigenvalue weighted by Crippen LogP contribution is -2.13. The summed E-state index contributed by atoms with van der Waals surface area (Å²) in [7, 11) is 1.95. The summed E-state index contributed by atoms with van der Waals surface area (Å²) in [5.74, 6) is 0. The Morgan fingerprint density at radius 3 is 2.93 bits per heavy atom. The highest BCUT2D eigenvalue weighted by Crippen LogP contribution is 2.04. The number of rotatable bonds is 4. The molecule has 0 fully saturated rings.